The van der Waals surface area contributed by atoms with Crippen LogP contribution in [-0.4, -0.2) is 22.6 Å². The van der Waals surface area contributed by atoms with Crippen molar-refractivity contribution < 1.29 is 9.53 Å². The third-order valence-electron chi connectivity index (χ3n) is 2.24. The second-order valence-corrected chi connectivity index (χ2v) is 3.16. The number of rotatable bonds is 2. The van der Waals surface area contributed by atoms with Crippen LogP contribution in [0.25, 0.3) is 5.69 Å². The highest BCUT2D eigenvalue weighted by Crippen LogP contribution is 2.17. The normalized spacial score (nSPS) is 10.1. The summed E-state index contributed by atoms with van der Waals surface area (Å²) in [6.45, 7) is 0. The van der Waals surface area contributed by atoms with Crippen LogP contribution in [-0.2, 0) is 4.74 Å². The summed E-state index contributed by atoms with van der Waals surface area (Å²) in [5.41, 5.74) is 6.79. The van der Waals surface area contributed by atoms with Gasteiger partial charge in [-0.05, 0) is 12.1 Å². The van der Waals surface area contributed by atoms with E-state index < -0.39 is 5.97 Å². The van der Waals surface area contributed by atoms with Crippen molar-refractivity contribution in [3.8, 4) is 5.69 Å². The minimum Gasteiger partial charge on any atom is -0.465 e. The molecule has 1 aromatic heterocycles. The number of imidazole rings is 1. The van der Waals surface area contributed by atoms with Crippen LogP contribution in [0.2, 0.25) is 0 Å². The fourth-order valence-electron chi connectivity index (χ4n) is 1.48. The van der Waals surface area contributed by atoms with Gasteiger partial charge in [-0.15, -0.1) is 0 Å². The molecule has 0 radical (unpaired) electrons. The highest BCUT2D eigenvalue weighted by atomic mass is 16.5. The van der Waals surface area contributed by atoms with Gasteiger partial charge in [-0.3, -0.25) is 4.57 Å². The molecule has 0 aliphatic rings. The van der Waals surface area contributed by atoms with Gasteiger partial charge in [-0.25, -0.2) is 9.78 Å². The monoisotopic (exact) mass is 217 g/mol. The van der Waals surface area contributed by atoms with E-state index >= 15 is 0 Å². The molecule has 16 heavy (non-hydrogen) atoms. The molecule has 5 heteroatoms. The van der Waals surface area contributed by atoms with E-state index in [4.69, 9.17) is 10.5 Å². The first-order chi connectivity index (χ1) is 7.74. The number of hydrogen-bond acceptors (Lipinski definition) is 4. The minimum atomic E-state index is -0.399. The molecule has 0 amide bonds. The summed E-state index contributed by atoms with van der Waals surface area (Å²) in [4.78, 5) is 15.5. The second-order valence-electron chi connectivity index (χ2n) is 3.16. The molecule has 1 heterocycles. The summed E-state index contributed by atoms with van der Waals surface area (Å²) in [7, 11) is 1.34. The fraction of sp³-hybridized carbons (Fsp3) is 0.0909. The maximum atomic E-state index is 11.5. The maximum absolute atomic E-state index is 11.5. The van der Waals surface area contributed by atoms with Crippen LogP contribution < -0.4 is 5.73 Å². The van der Waals surface area contributed by atoms with Gasteiger partial charge in [0.15, 0.2) is 0 Å². The van der Waals surface area contributed by atoms with Crippen molar-refractivity contribution in [2.24, 2.45) is 0 Å². The molecule has 0 bridgehead atoms. The first kappa shape index (κ1) is 10.2. The van der Waals surface area contributed by atoms with Crippen molar-refractivity contribution in [1.29, 1.82) is 0 Å². The zero-order chi connectivity index (χ0) is 11.5. The third-order valence-corrected chi connectivity index (χ3v) is 2.24. The zero-order valence-electron chi connectivity index (χ0n) is 8.75. The van der Waals surface area contributed by atoms with Crippen molar-refractivity contribution in [3.63, 3.8) is 0 Å². The summed E-state index contributed by atoms with van der Waals surface area (Å²) in [6.07, 6.45) is 3.26. The Morgan fingerprint density at radius 2 is 2.19 bits per heavy atom. The Morgan fingerprint density at radius 3 is 2.81 bits per heavy atom. The number of carbonyl (C=O) groups excluding carboxylic acids is 1. The molecule has 5 nitrogen and oxygen atoms in total. The summed E-state index contributed by atoms with van der Waals surface area (Å²) >= 11 is 0. The predicted octanol–water partition coefficient (Wildman–Crippen LogP) is 1.24. The average Bonchev–Trinajstić information content (AvgIpc) is 2.74. The molecule has 0 fully saturated rings. The minimum absolute atomic E-state index is 0.330. The number of carbonyl (C=O) groups is 1. The Labute approximate surface area is 92.5 Å². The average molecular weight is 217 g/mol. The van der Waals surface area contributed by atoms with E-state index in [0.717, 1.165) is 0 Å². The van der Waals surface area contributed by atoms with Crippen LogP contribution in [0.1, 0.15) is 10.4 Å². The van der Waals surface area contributed by atoms with Gasteiger partial charge in [-0.2, -0.15) is 0 Å². The molecule has 0 saturated heterocycles. The van der Waals surface area contributed by atoms with Crippen molar-refractivity contribution in [2.75, 3.05) is 12.8 Å². The zero-order valence-corrected chi connectivity index (χ0v) is 8.75. The first-order valence-corrected chi connectivity index (χ1v) is 4.70. The van der Waals surface area contributed by atoms with Crippen LogP contribution in [0.3, 0.4) is 0 Å². The van der Waals surface area contributed by atoms with Crippen molar-refractivity contribution in [3.05, 3.63) is 42.2 Å². The number of nitrogens with two attached hydrogens (primary N) is 1. The third kappa shape index (κ3) is 1.63. The molecule has 0 atom stereocenters. The van der Waals surface area contributed by atoms with Crippen LogP contribution in [0.5, 0.6) is 0 Å². The summed E-state index contributed by atoms with van der Waals surface area (Å²) in [5.74, 6) is -0.0694. The van der Waals surface area contributed by atoms with Gasteiger partial charge in [0.1, 0.15) is 0 Å². The lowest BCUT2D eigenvalue weighted by molar-refractivity contribution is 0.0601. The van der Waals surface area contributed by atoms with Crippen molar-refractivity contribution in [2.45, 2.75) is 0 Å². The standard InChI is InChI=1S/C11H11N3O2/c1-16-10(15)8-4-2-3-5-9(8)14-7-6-13-11(14)12/h2-7H,1H3,(H2,12,13). The number of para-hydroxylation sites is 1. The Bertz CT molecular complexity index is 519. The molecule has 0 aliphatic heterocycles. The summed E-state index contributed by atoms with van der Waals surface area (Å²) < 4.78 is 6.33. The van der Waals surface area contributed by atoms with Gasteiger partial charge in [0, 0.05) is 12.4 Å². The lowest BCUT2D eigenvalue weighted by atomic mass is 10.2. The van der Waals surface area contributed by atoms with Gasteiger partial charge < -0.3 is 10.5 Å². The molecular formula is C11H11N3O2. The van der Waals surface area contributed by atoms with E-state index in [9.17, 15) is 4.79 Å². The van der Waals surface area contributed by atoms with Gasteiger partial charge in [-0.1, -0.05) is 12.1 Å². The number of benzene rings is 1. The molecule has 0 spiro atoms. The van der Waals surface area contributed by atoms with E-state index in [2.05, 4.69) is 4.98 Å². The Kier molecular flexibility index (Phi) is 2.59. The largest absolute Gasteiger partial charge is 0.465 e. The van der Waals surface area contributed by atoms with E-state index in [1.807, 2.05) is 6.07 Å². The molecule has 0 saturated carbocycles. The lowest BCUT2D eigenvalue weighted by Crippen LogP contribution is -2.08. The molecular weight excluding hydrogens is 206 g/mol. The second kappa shape index (κ2) is 4.06. The first-order valence-electron chi connectivity index (χ1n) is 4.70. The fourth-order valence-corrected chi connectivity index (χ4v) is 1.48. The highest BCUT2D eigenvalue weighted by Gasteiger charge is 2.13. The van der Waals surface area contributed by atoms with E-state index in [1.54, 1.807) is 35.2 Å². The van der Waals surface area contributed by atoms with Gasteiger partial charge >= 0.3 is 5.97 Å². The van der Waals surface area contributed by atoms with Crippen molar-refractivity contribution >= 4 is 11.9 Å². The molecule has 0 aliphatic carbocycles. The number of nitrogens with zero attached hydrogens (tertiary/aromatic N) is 2. The topological polar surface area (TPSA) is 70.1 Å². The number of methoxy groups -OCH3 is 1. The molecule has 2 aromatic rings. The van der Waals surface area contributed by atoms with Crippen LogP contribution in [0.4, 0.5) is 5.95 Å². The van der Waals surface area contributed by atoms with Crippen LogP contribution in [0, 0.1) is 0 Å². The van der Waals surface area contributed by atoms with Crippen molar-refractivity contribution in [1.82, 2.24) is 9.55 Å². The Morgan fingerprint density at radius 1 is 1.44 bits per heavy atom. The van der Waals surface area contributed by atoms with Gasteiger partial charge in [0.2, 0.25) is 5.95 Å². The number of hydrogen-bond donors (Lipinski definition) is 1. The Hall–Kier alpha value is -2.30. The maximum Gasteiger partial charge on any atom is 0.339 e. The smallest absolute Gasteiger partial charge is 0.339 e. The number of nitrogen functional groups attached to an aromatic ring is 1. The Balaban J connectivity index is 2.57. The van der Waals surface area contributed by atoms with E-state index in [-0.39, 0.29) is 0 Å². The molecule has 2 rings (SSSR count). The SMILES string of the molecule is COC(=O)c1ccccc1-n1ccnc1N. The molecule has 2 N–H and O–H groups in total. The molecule has 1 aromatic carbocycles. The van der Waals surface area contributed by atoms with Crippen LogP contribution in [0.15, 0.2) is 36.7 Å². The van der Waals surface area contributed by atoms with E-state index in [0.29, 0.717) is 17.2 Å². The number of ether oxygens (including phenoxy) is 1. The van der Waals surface area contributed by atoms with Crippen LogP contribution >= 0.6 is 0 Å². The molecule has 0 unspecified atom stereocenters. The number of aromatic nitrogens is 2. The summed E-state index contributed by atoms with van der Waals surface area (Å²) in [5, 5.41) is 0. The van der Waals surface area contributed by atoms with Gasteiger partial charge in [0.25, 0.3) is 0 Å². The predicted molar refractivity (Wildman–Crippen MR) is 59.3 cm³/mol. The van der Waals surface area contributed by atoms with E-state index in [1.165, 1.54) is 7.11 Å². The molecule has 82 valence electrons. The summed E-state index contributed by atoms with van der Waals surface area (Å²) in [6, 6.07) is 7.05. The van der Waals surface area contributed by atoms with Gasteiger partial charge in [0.05, 0.1) is 18.4 Å². The number of anilines is 1. The quantitative estimate of drug-likeness (QED) is 0.768. The highest BCUT2D eigenvalue weighted by molar-refractivity contribution is 5.93. The lowest BCUT2D eigenvalue weighted by Gasteiger charge is -2.09. The number of esters is 1.